The molecule has 0 saturated carbocycles. The van der Waals surface area contributed by atoms with Gasteiger partial charge in [0.15, 0.2) is 0 Å². The van der Waals surface area contributed by atoms with Crippen LogP contribution in [0.1, 0.15) is 38.2 Å². The Morgan fingerprint density at radius 2 is 1.65 bits per heavy atom. The molecular weight excluding hydrogens is 258 g/mol. The Hall–Kier alpha value is -0.603. The van der Waals surface area contributed by atoms with E-state index in [1.54, 1.807) is 5.19 Å². The van der Waals surface area contributed by atoms with E-state index in [9.17, 15) is 0 Å². The third-order valence-corrected chi connectivity index (χ3v) is 6.70. The van der Waals surface area contributed by atoms with Gasteiger partial charge in [0, 0.05) is 6.54 Å². The van der Waals surface area contributed by atoms with Crippen molar-refractivity contribution in [3.05, 3.63) is 29.8 Å². The second-order valence-corrected chi connectivity index (χ2v) is 12.5. The normalized spacial score (nSPS) is 18.4. The van der Waals surface area contributed by atoms with E-state index < -0.39 is 8.07 Å². The third-order valence-electron chi connectivity index (χ3n) is 4.63. The zero-order valence-corrected chi connectivity index (χ0v) is 14.8. The Morgan fingerprint density at radius 3 is 2.15 bits per heavy atom. The van der Waals surface area contributed by atoms with E-state index in [1.807, 2.05) is 0 Å². The maximum Gasteiger partial charge on any atom is 0.0775 e. The molecule has 0 unspecified atom stereocenters. The van der Waals surface area contributed by atoms with Crippen LogP contribution in [0.3, 0.4) is 0 Å². The molecule has 0 aliphatic carbocycles. The fourth-order valence-electron chi connectivity index (χ4n) is 3.21. The summed E-state index contributed by atoms with van der Waals surface area (Å²) in [5.74, 6) is 0.991. The molecule has 0 amide bonds. The Morgan fingerprint density at radius 1 is 1.05 bits per heavy atom. The average Bonchev–Trinajstić information content (AvgIpc) is 2.41. The molecule has 1 aromatic carbocycles. The maximum absolute atomic E-state index is 2.63. The lowest BCUT2D eigenvalue weighted by molar-refractivity contribution is 0.172. The van der Waals surface area contributed by atoms with Crippen LogP contribution < -0.4 is 5.19 Å². The molecule has 1 aromatic rings. The summed E-state index contributed by atoms with van der Waals surface area (Å²) in [6, 6.07) is 9.44. The van der Waals surface area contributed by atoms with Crippen molar-refractivity contribution in [1.82, 2.24) is 4.90 Å². The highest BCUT2D eigenvalue weighted by Crippen LogP contribution is 2.22. The molecule has 0 atom stereocenters. The fraction of sp³-hybridized carbons (Fsp3) is 0.667. The predicted octanol–water partition coefficient (Wildman–Crippen LogP) is 4.24. The summed E-state index contributed by atoms with van der Waals surface area (Å²) in [4.78, 5) is 2.63. The van der Waals surface area contributed by atoms with Crippen LogP contribution in [0.4, 0.5) is 0 Å². The van der Waals surface area contributed by atoms with Gasteiger partial charge in [-0.15, -0.1) is 0 Å². The minimum absolute atomic E-state index is 0.991. The molecule has 1 nitrogen and oxygen atoms in total. The van der Waals surface area contributed by atoms with Crippen LogP contribution >= 0.6 is 0 Å². The third kappa shape index (κ3) is 4.46. The molecule has 2 rings (SSSR count). The average molecular weight is 290 g/mol. The molecule has 1 heterocycles. The summed E-state index contributed by atoms with van der Waals surface area (Å²) >= 11 is 0. The standard InChI is InChI=1S/C18H31NSi/c1-5-6-16-11-13-19(14-12-16)15-17-7-9-18(10-8-17)20(2,3)4/h7-10,16H,5-6,11-15H2,1-4H3. The van der Waals surface area contributed by atoms with Crippen molar-refractivity contribution >= 4 is 13.3 Å². The van der Waals surface area contributed by atoms with Gasteiger partial charge in [-0.2, -0.15) is 0 Å². The van der Waals surface area contributed by atoms with Crippen LogP contribution in [-0.2, 0) is 6.54 Å². The van der Waals surface area contributed by atoms with Crippen LogP contribution in [0.15, 0.2) is 24.3 Å². The van der Waals surface area contributed by atoms with Crippen LogP contribution in [0, 0.1) is 5.92 Å². The van der Waals surface area contributed by atoms with E-state index in [-0.39, 0.29) is 0 Å². The van der Waals surface area contributed by atoms with E-state index in [4.69, 9.17) is 0 Å². The molecule has 0 radical (unpaired) electrons. The predicted molar refractivity (Wildman–Crippen MR) is 92.3 cm³/mol. The van der Waals surface area contributed by atoms with E-state index in [0.717, 1.165) is 12.5 Å². The van der Waals surface area contributed by atoms with Crippen molar-refractivity contribution < 1.29 is 0 Å². The largest absolute Gasteiger partial charge is 0.299 e. The first kappa shape index (κ1) is 15.8. The van der Waals surface area contributed by atoms with Gasteiger partial charge in [-0.05, 0) is 37.4 Å². The summed E-state index contributed by atoms with van der Waals surface area (Å²) in [5, 5.41) is 1.57. The van der Waals surface area contributed by atoms with Gasteiger partial charge in [-0.1, -0.05) is 68.9 Å². The fourth-order valence-corrected chi connectivity index (χ4v) is 4.38. The van der Waals surface area contributed by atoms with E-state index >= 15 is 0 Å². The van der Waals surface area contributed by atoms with Gasteiger partial charge >= 0.3 is 0 Å². The molecule has 1 aliphatic heterocycles. The SMILES string of the molecule is CCCC1CCN(Cc2ccc([Si](C)(C)C)cc2)CC1. The van der Waals surface area contributed by atoms with Crippen molar-refractivity contribution in [3.63, 3.8) is 0 Å². The summed E-state index contributed by atoms with van der Waals surface area (Å²) < 4.78 is 0. The Balaban J connectivity index is 1.85. The van der Waals surface area contributed by atoms with Crippen LogP contribution in [-0.4, -0.2) is 26.1 Å². The van der Waals surface area contributed by atoms with Crippen LogP contribution in [0.25, 0.3) is 0 Å². The molecular formula is C18H31NSi. The van der Waals surface area contributed by atoms with Gasteiger partial charge in [0.05, 0.1) is 8.07 Å². The molecule has 1 saturated heterocycles. The van der Waals surface area contributed by atoms with Crippen molar-refractivity contribution in [2.75, 3.05) is 13.1 Å². The number of piperidine rings is 1. The second-order valence-electron chi connectivity index (χ2n) is 7.46. The lowest BCUT2D eigenvalue weighted by Crippen LogP contribution is -2.37. The summed E-state index contributed by atoms with van der Waals surface area (Å²) in [6.45, 7) is 13.3. The Labute approximate surface area is 126 Å². The Bertz CT molecular complexity index is 396. The van der Waals surface area contributed by atoms with Crippen molar-refractivity contribution in [2.45, 2.75) is 58.8 Å². The monoisotopic (exact) mass is 289 g/mol. The van der Waals surface area contributed by atoms with Crippen molar-refractivity contribution in [2.24, 2.45) is 5.92 Å². The number of nitrogens with zero attached hydrogens (tertiary/aromatic N) is 1. The van der Waals surface area contributed by atoms with E-state index in [1.165, 1.54) is 44.3 Å². The zero-order valence-electron chi connectivity index (χ0n) is 13.8. The molecule has 1 aliphatic rings. The molecule has 0 N–H and O–H groups in total. The first-order valence-electron chi connectivity index (χ1n) is 8.31. The number of hydrogen-bond acceptors (Lipinski definition) is 1. The van der Waals surface area contributed by atoms with E-state index in [0.29, 0.717) is 0 Å². The lowest BCUT2D eigenvalue weighted by Gasteiger charge is -2.32. The van der Waals surface area contributed by atoms with Crippen LogP contribution in [0.5, 0.6) is 0 Å². The smallest absolute Gasteiger partial charge is 0.0775 e. The first-order valence-corrected chi connectivity index (χ1v) is 11.8. The molecule has 20 heavy (non-hydrogen) atoms. The van der Waals surface area contributed by atoms with Crippen LogP contribution in [0.2, 0.25) is 19.6 Å². The minimum atomic E-state index is -1.14. The minimum Gasteiger partial charge on any atom is -0.299 e. The number of likely N-dealkylation sites (tertiary alicyclic amines) is 1. The topological polar surface area (TPSA) is 3.24 Å². The quantitative estimate of drug-likeness (QED) is 0.733. The van der Waals surface area contributed by atoms with Gasteiger partial charge in [0.1, 0.15) is 0 Å². The number of benzene rings is 1. The van der Waals surface area contributed by atoms with Gasteiger partial charge in [-0.25, -0.2) is 0 Å². The number of rotatable bonds is 5. The first-order chi connectivity index (χ1) is 9.49. The highest BCUT2D eigenvalue weighted by Gasteiger charge is 2.19. The summed E-state index contributed by atoms with van der Waals surface area (Å²) in [7, 11) is -1.14. The Kier molecular flexibility index (Phi) is 5.45. The lowest BCUT2D eigenvalue weighted by atomic mass is 9.92. The summed E-state index contributed by atoms with van der Waals surface area (Å²) in [6.07, 6.45) is 5.59. The molecule has 1 fully saturated rings. The molecule has 112 valence electrons. The number of hydrogen-bond donors (Lipinski definition) is 0. The second kappa shape index (κ2) is 6.90. The maximum atomic E-state index is 2.63. The molecule has 0 bridgehead atoms. The summed E-state index contributed by atoms with van der Waals surface area (Å²) in [5.41, 5.74) is 1.49. The molecule has 0 aromatic heterocycles. The van der Waals surface area contributed by atoms with Gasteiger partial charge in [0.2, 0.25) is 0 Å². The zero-order chi connectivity index (χ0) is 14.6. The van der Waals surface area contributed by atoms with Gasteiger partial charge in [-0.3, -0.25) is 4.90 Å². The van der Waals surface area contributed by atoms with Crippen molar-refractivity contribution in [3.8, 4) is 0 Å². The molecule has 2 heteroatoms. The van der Waals surface area contributed by atoms with Gasteiger partial charge in [0.25, 0.3) is 0 Å². The highest BCUT2D eigenvalue weighted by molar-refractivity contribution is 6.88. The van der Waals surface area contributed by atoms with Gasteiger partial charge < -0.3 is 0 Å². The van der Waals surface area contributed by atoms with Crippen molar-refractivity contribution in [1.29, 1.82) is 0 Å². The highest BCUT2D eigenvalue weighted by atomic mass is 28.3. The van der Waals surface area contributed by atoms with E-state index in [2.05, 4.69) is 55.7 Å². The molecule has 0 spiro atoms.